The first kappa shape index (κ1) is 20.0. The number of aromatic hydroxyl groups is 2. The summed E-state index contributed by atoms with van der Waals surface area (Å²) in [4.78, 5) is 12.1. The van der Waals surface area contributed by atoms with Gasteiger partial charge in [0.05, 0.1) is 13.7 Å². The molecule has 1 atom stereocenters. The van der Waals surface area contributed by atoms with E-state index in [0.717, 1.165) is 17.7 Å². The van der Waals surface area contributed by atoms with Gasteiger partial charge in [-0.3, -0.25) is 4.79 Å². The molecule has 0 aliphatic rings. The highest BCUT2D eigenvalue weighted by molar-refractivity contribution is 8.93. The maximum atomic E-state index is 12.1. The molecule has 0 aromatic heterocycles. The topological polar surface area (TPSA) is 78.8 Å². The Morgan fingerprint density at radius 3 is 2.25 bits per heavy atom. The average Bonchev–Trinajstić information content (AvgIpc) is 2.52. The Balaban J connectivity index is 0.00000288. The number of ketones is 1. The number of methoxy groups -OCH3 is 1. The summed E-state index contributed by atoms with van der Waals surface area (Å²) in [6.45, 7) is 2.14. The normalized spacial score (nSPS) is 11.4. The fraction of sp³-hybridized carbons (Fsp3) is 0.278. The van der Waals surface area contributed by atoms with Gasteiger partial charge >= 0.3 is 0 Å². The van der Waals surface area contributed by atoms with Gasteiger partial charge in [-0.1, -0.05) is 12.1 Å². The highest BCUT2D eigenvalue weighted by Crippen LogP contribution is 2.20. The largest absolute Gasteiger partial charge is 0.508 e. The molecule has 0 aliphatic heterocycles. The number of rotatable bonds is 7. The van der Waals surface area contributed by atoms with Crippen LogP contribution in [0.4, 0.5) is 0 Å². The highest BCUT2D eigenvalue weighted by Gasteiger charge is 2.11. The highest BCUT2D eigenvalue weighted by atomic mass is 79.9. The lowest BCUT2D eigenvalue weighted by Crippen LogP contribution is -2.33. The summed E-state index contributed by atoms with van der Waals surface area (Å²) in [5, 5.41) is 22.0. The molecular weight excluding hydrogens is 374 g/mol. The predicted molar refractivity (Wildman–Crippen MR) is 98.6 cm³/mol. The number of hydrogen-bond donors (Lipinski definition) is 3. The van der Waals surface area contributed by atoms with Gasteiger partial charge in [-0.05, 0) is 43.2 Å². The molecule has 0 aliphatic carbocycles. The molecule has 0 amide bonds. The molecule has 2 rings (SSSR count). The molecular formula is C18H22BrNO4. The molecule has 0 saturated heterocycles. The van der Waals surface area contributed by atoms with Crippen LogP contribution in [0.15, 0.2) is 42.5 Å². The van der Waals surface area contributed by atoms with E-state index in [1.54, 1.807) is 7.11 Å². The van der Waals surface area contributed by atoms with Crippen LogP contribution in [0.3, 0.4) is 0 Å². The molecule has 1 unspecified atom stereocenters. The lowest BCUT2D eigenvalue weighted by molar-refractivity contribution is 0.0987. The Bertz CT molecular complexity index is 653. The van der Waals surface area contributed by atoms with E-state index < -0.39 is 0 Å². The Morgan fingerprint density at radius 1 is 1.12 bits per heavy atom. The Labute approximate surface area is 152 Å². The number of carbonyl (C=O) groups is 1. The first-order valence-corrected chi connectivity index (χ1v) is 7.40. The van der Waals surface area contributed by atoms with Gasteiger partial charge in [-0.15, -0.1) is 17.0 Å². The first-order chi connectivity index (χ1) is 11.0. The van der Waals surface area contributed by atoms with Crippen LogP contribution in [-0.4, -0.2) is 35.7 Å². The zero-order chi connectivity index (χ0) is 16.8. The van der Waals surface area contributed by atoms with Crippen LogP contribution in [0.2, 0.25) is 0 Å². The molecule has 2 aromatic carbocycles. The molecule has 0 saturated carbocycles. The number of hydrogen-bond acceptors (Lipinski definition) is 5. The number of phenolic OH excluding ortho intramolecular Hbond substituents is 2. The van der Waals surface area contributed by atoms with Crippen molar-refractivity contribution in [3.8, 4) is 17.2 Å². The first-order valence-electron chi connectivity index (χ1n) is 7.40. The van der Waals surface area contributed by atoms with Crippen LogP contribution >= 0.6 is 17.0 Å². The van der Waals surface area contributed by atoms with Gasteiger partial charge in [0.2, 0.25) is 0 Å². The third kappa shape index (κ3) is 5.86. The Kier molecular flexibility index (Phi) is 7.74. The molecule has 3 N–H and O–H groups in total. The Morgan fingerprint density at radius 2 is 1.71 bits per heavy atom. The van der Waals surface area contributed by atoms with Crippen molar-refractivity contribution in [1.82, 2.24) is 5.32 Å². The predicted octanol–water partition coefficient (Wildman–Crippen LogP) is 3.09. The molecule has 2 aromatic rings. The lowest BCUT2D eigenvalue weighted by Gasteiger charge is -2.14. The number of halogens is 1. The van der Waals surface area contributed by atoms with Gasteiger partial charge in [0.15, 0.2) is 5.78 Å². The second kappa shape index (κ2) is 9.30. The van der Waals surface area contributed by atoms with Crippen LogP contribution in [0.25, 0.3) is 0 Å². The van der Waals surface area contributed by atoms with Crippen molar-refractivity contribution in [3.63, 3.8) is 0 Å². The minimum Gasteiger partial charge on any atom is -0.508 e. The summed E-state index contributed by atoms with van der Waals surface area (Å²) in [7, 11) is 1.63. The third-order valence-electron chi connectivity index (χ3n) is 3.54. The summed E-state index contributed by atoms with van der Waals surface area (Å²) in [6.07, 6.45) is 0.780. The molecule has 0 heterocycles. The van der Waals surface area contributed by atoms with E-state index in [9.17, 15) is 15.0 Å². The molecule has 0 bridgehead atoms. The zero-order valence-corrected chi connectivity index (χ0v) is 15.4. The smallest absolute Gasteiger partial charge is 0.176 e. The van der Waals surface area contributed by atoms with E-state index in [1.807, 2.05) is 31.2 Å². The van der Waals surface area contributed by atoms with Gasteiger partial charge in [0, 0.05) is 17.7 Å². The van der Waals surface area contributed by atoms with E-state index in [2.05, 4.69) is 5.32 Å². The number of nitrogens with one attached hydrogen (secondary N) is 1. The third-order valence-corrected chi connectivity index (χ3v) is 3.54. The minimum absolute atomic E-state index is 0. The van der Waals surface area contributed by atoms with Crippen molar-refractivity contribution in [1.29, 1.82) is 0 Å². The van der Waals surface area contributed by atoms with Crippen molar-refractivity contribution in [2.75, 3.05) is 13.7 Å². The number of Topliss-reactive ketones (excluding diaryl/α,β-unsaturated/α-hetero) is 1. The summed E-state index contributed by atoms with van der Waals surface area (Å²) < 4.78 is 5.12. The SMILES string of the molecule is Br.COc1ccc(CC(C)NCC(=O)c2cc(O)cc(O)c2)cc1. The van der Waals surface area contributed by atoms with E-state index >= 15 is 0 Å². The number of ether oxygens (including phenoxy) is 1. The number of benzene rings is 2. The maximum absolute atomic E-state index is 12.1. The molecule has 6 heteroatoms. The number of carbonyl (C=O) groups excluding carboxylic acids is 1. The number of phenols is 2. The second-order valence-corrected chi connectivity index (χ2v) is 5.50. The van der Waals surface area contributed by atoms with E-state index in [0.29, 0.717) is 0 Å². The van der Waals surface area contributed by atoms with Gasteiger partial charge in [0.25, 0.3) is 0 Å². The summed E-state index contributed by atoms with van der Waals surface area (Å²) in [5.41, 5.74) is 1.43. The molecule has 24 heavy (non-hydrogen) atoms. The van der Waals surface area contributed by atoms with Crippen LogP contribution in [0, 0.1) is 0 Å². The van der Waals surface area contributed by atoms with Crippen LogP contribution in [0.5, 0.6) is 17.2 Å². The van der Waals surface area contributed by atoms with Crippen LogP contribution in [-0.2, 0) is 6.42 Å². The van der Waals surface area contributed by atoms with Crippen molar-refractivity contribution in [2.24, 2.45) is 0 Å². The van der Waals surface area contributed by atoms with Crippen LogP contribution in [0.1, 0.15) is 22.8 Å². The fourth-order valence-corrected chi connectivity index (χ4v) is 2.31. The minimum atomic E-state index is -0.183. The molecule has 5 nitrogen and oxygen atoms in total. The molecule has 0 radical (unpaired) electrons. The molecule has 0 spiro atoms. The van der Waals surface area contributed by atoms with E-state index in [4.69, 9.17) is 4.74 Å². The van der Waals surface area contributed by atoms with Crippen molar-refractivity contribution in [3.05, 3.63) is 53.6 Å². The molecule has 0 fully saturated rings. The second-order valence-electron chi connectivity index (χ2n) is 5.50. The quantitative estimate of drug-likeness (QED) is 0.627. The van der Waals surface area contributed by atoms with Crippen LogP contribution < -0.4 is 10.1 Å². The zero-order valence-electron chi connectivity index (χ0n) is 13.7. The Hall–Kier alpha value is -2.05. The maximum Gasteiger partial charge on any atom is 0.176 e. The summed E-state index contributed by atoms with van der Waals surface area (Å²) in [6, 6.07) is 11.8. The van der Waals surface area contributed by atoms with E-state index in [-0.39, 0.29) is 52.4 Å². The van der Waals surface area contributed by atoms with Crippen molar-refractivity contribution in [2.45, 2.75) is 19.4 Å². The van der Waals surface area contributed by atoms with Gasteiger partial charge in [-0.25, -0.2) is 0 Å². The lowest BCUT2D eigenvalue weighted by atomic mass is 10.1. The van der Waals surface area contributed by atoms with E-state index in [1.165, 1.54) is 18.2 Å². The van der Waals surface area contributed by atoms with Crippen molar-refractivity contribution < 1.29 is 19.7 Å². The fourth-order valence-electron chi connectivity index (χ4n) is 2.31. The monoisotopic (exact) mass is 395 g/mol. The van der Waals surface area contributed by atoms with Gasteiger partial charge in [0.1, 0.15) is 17.2 Å². The van der Waals surface area contributed by atoms with Gasteiger partial charge < -0.3 is 20.3 Å². The average molecular weight is 396 g/mol. The molecule has 130 valence electrons. The van der Waals surface area contributed by atoms with Crippen molar-refractivity contribution >= 4 is 22.8 Å². The summed E-state index contributed by atoms with van der Waals surface area (Å²) >= 11 is 0. The van der Waals surface area contributed by atoms with Gasteiger partial charge in [-0.2, -0.15) is 0 Å². The summed E-state index contributed by atoms with van der Waals surface area (Å²) in [5.74, 6) is 0.380. The standard InChI is InChI=1S/C18H21NO4.BrH/c1-12(7-13-3-5-17(23-2)6-4-13)19-11-18(22)14-8-15(20)10-16(21)9-14;/h3-6,8-10,12,19-21H,7,11H2,1-2H3;1H.